The number of nitrogens with one attached hydrogen (secondary N) is 8. The zero-order chi connectivity index (χ0) is 46.0. The van der Waals surface area contributed by atoms with Crippen molar-refractivity contribution in [2.75, 3.05) is 27.2 Å². The summed E-state index contributed by atoms with van der Waals surface area (Å²) in [4.78, 5) is 2.12. The van der Waals surface area contributed by atoms with E-state index in [-0.39, 0.29) is 19.5 Å². The summed E-state index contributed by atoms with van der Waals surface area (Å²) in [5.41, 5.74) is 6.37. The number of ether oxygens (including phenoxy) is 1. The molecule has 8 bridgehead atoms. The summed E-state index contributed by atoms with van der Waals surface area (Å²) in [6.45, 7) is 3.83. The Hall–Kier alpha value is -2.54. The van der Waals surface area contributed by atoms with Gasteiger partial charge in [0.2, 0.25) is 0 Å². The minimum absolute atomic E-state index is 0. The fourth-order valence-electron chi connectivity index (χ4n) is 15.3. The van der Waals surface area contributed by atoms with Crippen molar-refractivity contribution in [3.05, 3.63) is 102 Å². The molecule has 0 radical (unpaired) electrons. The fourth-order valence-corrected chi connectivity index (χ4v) is 15.3. The molecule has 10 nitrogen and oxygen atoms in total. The number of benzene rings is 3. The minimum Gasteiger partial charge on any atom is -0.492 e. The van der Waals surface area contributed by atoms with E-state index in [1.807, 2.05) is 0 Å². The molecule has 8 atom stereocenters. The molecule has 8 unspecified atom stereocenters. The van der Waals surface area contributed by atoms with Gasteiger partial charge in [-0.2, -0.15) is 0 Å². The van der Waals surface area contributed by atoms with Gasteiger partial charge in [-0.3, -0.25) is 42.5 Å². The number of hydrogen-bond donors (Lipinski definition) is 8. The third-order valence-electron chi connectivity index (χ3n) is 18.6. The van der Waals surface area contributed by atoms with Gasteiger partial charge in [-0.05, 0) is 159 Å². The number of nitrogens with zero attached hydrogens (tertiary/aromatic N) is 1. The van der Waals surface area contributed by atoms with Gasteiger partial charge in [0.05, 0.1) is 49.3 Å². The van der Waals surface area contributed by atoms with Crippen LogP contribution in [0.15, 0.2) is 84.9 Å². The first-order chi connectivity index (χ1) is 33.5. The van der Waals surface area contributed by atoms with Crippen LogP contribution in [0.5, 0.6) is 5.75 Å². The Morgan fingerprint density at radius 2 is 0.710 bits per heavy atom. The Labute approximate surface area is 428 Å². The van der Waals surface area contributed by atoms with Gasteiger partial charge in [-0.25, -0.2) is 0 Å². The first-order valence-corrected chi connectivity index (χ1v) is 27.8. The second-order valence-electron chi connectivity index (χ2n) is 22.7. The van der Waals surface area contributed by atoms with Crippen LogP contribution in [-0.4, -0.2) is 81.5 Å². The van der Waals surface area contributed by atoms with Crippen molar-refractivity contribution < 1.29 is 24.2 Å². The molecule has 12 rings (SSSR count). The third kappa shape index (κ3) is 10.9. The van der Waals surface area contributed by atoms with E-state index in [2.05, 4.69) is 153 Å². The molecule has 5 heterocycles. The predicted octanol–water partition coefficient (Wildman–Crippen LogP) is 8.60. The first kappa shape index (κ1) is 50.0. The molecule has 5 aliphatic heterocycles. The number of rotatable bonds is 8. The monoisotopic (exact) mass is 988 g/mol. The van der Waals surface area contributed by atoms with Gasteiger partial charge in [0.15, 0.2) is 0 Å². The number of likely N-dealkylation sites (N-methyl/N-ethyl adjacent to an activating group) is 1. The summed E-state index contributed by atoms with van der Waals surface area (Å²) >= 11 is 0. The number of hydrogen-bond acceptors (Lipinski definition) is 10. The first-order valence-electron chi connectivity index (χ1n) is 27.8. The van der Waals surface area contributed by atoms with Crippen LogP contribution in [0.25, 0.3) is 11.1 Å². The van der Waals surface area contributed by atoms with E-state index >= 15 is 0 Å². The maximum absolute atomic E-state index is 5.87. The van der Waals surface area contributed by atoms with Gasteiger partial charge < -0.3 is 9.64 Å². The van der Waals surface area contributed by atoms with E-state index in [0.29, 0.717) is 55.9 Å². The number of fused-ring (bicyclic) bond motifs is 20. The maximum Gasteiger partial charge on any atom is 0.119 e. The molecule has 9 aliphatic rings. The average molecular weight is 990 g/mol. The molecule has 9 fully saturated rings. The normalized spacial score (nSPS) is 38.3. The van der Waals surface area contributed by atoms with Crippen LogP contribution in [0.1, 0.15) is 133 Å². The van der Waals surface area contributed by atoms with Gasteiger partial charge >= 0.3 is 0 Å². The second kappa shape index (κ2) is 23.1. The molecular formula is C58H85N9OZn. The standard InChI is InChI=1S/C32H56N8.C26H29NO.Zn/c1-2-10-18-17(9-1)25-33-26(18)38-28-21-13-5-6-14-22(21)30(35-28)40-32-24-16-8-7-15-23(24)31(36-32)39-29-20-12-4-3-11-19(20)27(34-29)37-25;1-4-25(21-11-7-5-8-12-21)26(22-13-9-6-10-14-22)23-15-17-24(18-16-23)28-20-19-27(2)3;/h17-40H,1-16H2;5-18H,4,19-20H2,1-3H3;/b;26-25-;. The predicted molar refractivity (Wildman–Crippen MR) is 277 cm³/mol. The van der Waals surface area contributed by atoms with E-state index in [0.717, 1.165) is 66.1 Å². The van der Waals surface area contributed by atoms with E-state index in [4.69, 9.17) is 4.74 Å². The molecule has 5 saturated heterocycles. The van der Waals surface area contributed by atoms with Crippen molar-refractivity contribution in [1.82, 2.24) is 47.4 Å². The van der Waals surface area contributed by atoms with Crippen molar-refractivity contribution in [2.24, 2.45) is 47.3 Å². The maximum atomic E-state index is 5.87. The van der Waals surface area contributed by atoms with E-state index in [1.165, 1.54) is 131 Å². The topological polar surface area (TPSA) is 109 Å². The Kier molecular flexibility index (Phi) is 16.8. The molecule has 0 spiro atoms. The Bertz CT molecular complexity index is 1900. The van der Waals surface area contributed by atoms with E-state index < -0.39 is 0 Å². The van der Waals surface area contributed by atoms with Crippen molar-refractivity contribution in [3.63, 3.8) is 0 Å². The van der Waals surface area contributed by atoms with Gasteiger partial charge in [0.25, 0.3) is 0 Å². The summed E-state index contributed by atoms with van der Waals surface area (Å²) in [5.74, 6) is 6.88. The molecule has 11 heteroatoms. The van der Waals surface area contributed by atoms with Crippen molar-refractivity contribution in [2.45, 2.75) is 165 Å². The van der Waals surface area contributed by atoms with E-state index in [1.54, 1.807) is 0 Å². The largest absolute Gasteiger partial charge is 0.492 e. The van der Waals surface area contributed by atoms with Crippen LogP contribution < -0.4 is 47.3 Å². The van der Waals surface area contributed by atoms with Gasteiger partial charge in [-0.1, -0.05) is 131 Å². The smallest absolute Gasteiger partial charge is 0.119 e. The minimum atomic E-state index is 0. The average Bonchev–Trinajstić information content (AvgIpc) is 4.12. The molecule has 4 saturated carbocycles. The van der Waals surface area contributed by atoms with Crippen LogP contribution in [0.2, 0.25) is 0 Å². The van der Waals surface area contributed by atoms with Crippen LogP contribution in [-0.2, 0) is 19.5 Å². The Morgan fingerprint density at radius 1 is 0.420 bits per heavy atom. The zero-order valence-corrected chi connectivity index (χ0v) is 45.3. The number of allylic oxidation sites excluding steroid dienone is 1. The molecule has 3 aromatic rings. The summed E-state index contributed by atoms with van der Waals surface area (Å²) in [6, 6.07) is 29.8. The van der Waals surface area contributed by atoms with Gasteiger partial charge in [-0.15, -0.1) is 0 Å². The molecule has 0 amide bonds. The Balaban J connectivity index is 0.000000169. The molecule has 4 aliphatic carbocycles. The van der Waals surface area contributed by atoms with Crippen molar-refractivity contribution in [1.29, 1.82) is 0 Å². The fraction of sp³-hybridized carbons (Fsp3) is 0.655. The van der Waals surface area contributed by atoms with Crippen molar-refractivity contribution in [3.8, 4) is 5.75 Å². The zero-order valence-electron chi connectivity index (χ0n) is 42.3. The SMILES string of the molecule is C1CCC2C3NC(NC4NC(NC5NC(NC6NC(N3)C3CCCCC63)C3CCCCC53)C3CCCCC43)C2C1.CC/C(=C(\c1ccccc1)c1ccc(OCCN(C)C)cc1)c1ccccc1.[Zn]. The second-order valence-corrected chi connectivity index (χ2v) is 22.7. The van der Waals surface area contributed by atoms with Gasteiger partial charge in [0.1, 0.15) is 12.4 Å². The third-order valence-corrected chi connectivity index (χ3v) is 18.6. The van der Waals surface area contributed by atoms with E-state index in [9.17, 15) is 0 Å². The quantitative estimate of drug-likeness (QED) is 0.0827. The van der Waals surface area contributed by atoms with Crippen LogP contribution >= 0.6 is 0 Å². The van der Waals surface area contributed by atoms with Crippen LogP contribution in [0.3, 0.4) is 0 Å². The molecule has 0 aromatic heterocycles. The van der Waals surface area contributed by atoms with Crippen LogP contribution in [0, 0.1) is 47.3 Å². The van der Waals surface area contributed by atoms with Crippen molar-refractivity contribution >= 4 is 11.1 Å². The molecule has 69 heavy (non-hydrogen) atoms. The molecule has 3 aromatic carbocycles. The summed E-state index contributed by atoms with van der Waals surface area (Å²) in [5, 5.41) is 33.8. The molecule has 8 N–H and O–H groups in total. The summed E-state index contributed by atoms with van der Waals surface area (Å²) < 4.78 is 5.87. The Morgan fingerprint density at radius 3 is 1.00 bits per heavy atom. The molecule has 370 valence electrons. The van der Waals surface area contributed by atoms with Crippen LogP contribution in [0.4, 0.5) is 0 Å². The van der Waals surface area contributed by atoms with Gasteiger partial charge in [0, 0.05) is 26.0 Å². The summed E-state index contributed by atoms with van der Waals surface area (Å²) in [7, 11) is 4.11. The summed E-state index contributed by atoms with van der Waals surface area (Å²) in [6.07, 6.45) is 26.5. The molecular weight excluding hydrogens is 904 g/mol.